The van der Waals surface area contributed by atoms with E-state index in [1.807, 2.05) is 13.8 Å². The van der Waals surface area contributed by atoms with E-state index < -0.39 is 4.92 Å². The van der Waals surface area contributed by atoms with Crippen LogP contribution >= 0.6 is 0 Å². The van der Waals surface area contributed by atoms with E-state index in [4.69, 9.17) is 4.74 Å². The Hall–Kier alpha value is -3.33. The number of amides is 1. The predicted octanol–water partition coefficient (Wildman–Crippen LogP) is 3.05. The van der Waals surface area contributed by atoms with E-state index in [0.717, 1.165) is 5.56 Å². The third-order valence-corrected chi connectivity index (χ3v) is 5.42. The Kier molecular flexibility index (Phi) is 6.96. The third-order valence-electron chi connectivity index (χ3n) is 5.42. The van der Waals surface area contributed by atoms with Gasteiger partial charge in [0.2, 0.25) is 0 Å². The van der Waals surface area contributed by atoms with Crippen molar-refractivity contribution in [2.45, 2.75) is 32.5 Å². The molecule has 0 aromatic heterocycles. The number of carbonyl (C=O) groups is 2. The zero-order valence-corrected chi connectivity index (χ0v) is 17.4. The molecule has 8 nitrogen and oxygen atoms in total. The van der Waals surface area contributed by atoms with Gasteiger partial charge in [0.25, 0.3) is 11.6 Å². The lowest BCUT2D eigenvalue weighted by molar-refractivity contribution is -0.385. The minimum Gasteiger partial charge on any atom is -0.484 e. The van der Waals surface area contributed by atoms with Gasteiger partial charge in [0.1, 0.15) is 11.6 Å². The molecule has 0 saturated carbocycles. The van der Waals surface area contributed by atoms with Crippen LogP contribution in [0.3, 0.4) is 0 Å². The number of nitro groups is 1. The molecule has 0 N–H and O–H groups in total. The molecule has 3 rings (SSSR count). The molecule has 31 heavy (non-hydrogen) atoms. The van der Waals surface area contributed by atoms with Gasteiger partial charge in [-0.2, -0.15) is 0 Å². The number of benzene rings is 2. The van der Waals surface area contributed by atoms with E-state index in [9.17, 15) is 24.1 Å². The van der Waals surface area contributed by atoms with Crippen LogP contribution in [-0.2, 0) is 11.3 Å². The van der Waals surface area contributed by atoms with Crippen molar-refractivity contribution in [2.24, 2.45) is 0 Å². The van der Waals surface area contributed by atoms with Crippen molar-refractivity contribution in [3.8, 4) is 5.75 Å². The molecule has 2 atom stereocenters. The first-order valence-electron chi connectivity index (χ1n) is 9.93. The van der Waals surface area contributed by atoms with Crippen LogP contribution in [-0.4, -0.2) is 58.7 Å². The zero-order chi connectivity index (χ0) is 22.5. The van der Waals surface area contributed by atoms with Crippen LogP contribution in [0.25, 0.3) is 0 Å². The van der Waals surface area contributed by atoms with E-state index in [1.54, 1.807) is 17.0 Å². The summed E-state index contributed by atoms with van der Waals surface area (Å²) in [6.07, 6.45) is 0.386. The lowest BCUT2D eigenvalue weighted by Crippen LogP contribution is -2.58. The summed E-state index contributed by atoms with van der Waals surface area (Å²) in [6, 6.07) is 10.3. The van der Waals surface area contributed by atoms with Crippen molar-refractivity contribution in [2.75, 3.05) is 19.7 Å². The molecule has 9 heteroatoms. The van der Waals surface area contributed by atoms with Crippen molar-refractivity contribution in [3.05, 3.63) is 69.5 Å². The molecule has 1 fully saturated rings. The smallest absolute Gasteiger partial charge is 0.280 e. The molecular weight excluding hydrogens is 405 g/mol. The number of piperazine rings is 1. The molecule has 2 aromatic carbocycles. The lowest BCUT2D eigenvalue weighted by Gasteiger charge is -2.44. The second-order valence-corrected chi connectivity index (χ2v) is 7.68. The minimum atomic E-state index is -0.646. The highest BCUT2D eigenvalue weighted by molar-refractivity contribution is 5.82. The molecule has 0 radical (unpaired) electrons. The second-order valence-electron chi connectivity index (χ2n) is 7.68. The van der Waals surface area contributed by atoms with E-state index in [-0.39, 0.29) is 47.4 Å². The molecule has 1 saturated heterocycles. The molecule has 0 unspecified atom stereocenters. The summed E-state index contributed by atoms with van der Waals surface area (Å²) in [4.78, 5) is 38.1. The summed E-state index contributed by atoms with van der Waals surface area (Å²) < 4.78 is 18.6. The average molecular weight is 429 g/mol. The Morgan fingerprint density at radius 2 is 1.90 bits per heavy atom. The molecule has 0 bridgehead atoms. The van der Waals surface area contributed by atoms with Gasteiger partial charge in [-0.15, -0.1) is 0 Å². The largest absolute Gasteiger partial charge is 0.484 e. The first-order chi connectivity index (χ1) is 14.8. The minimum absolute atomic E-state index is 0.0462. The molecule has 0 spiro atoms. The van der Waals surface area contributed by atoms with Gasteiger partial charge in [0.15, 0.2) is 12.9 Å². The normalized spacial score (nSPS) is 19.1. The molecular formula is C22H24FN3O5. The SMILES string of the molecule is C[C@@H]1CN(C(=O)COc2ccc([N+](=O)[O-])c(C=O)c2)[C@@H](C)CN1Cc1ccc(F)cc1. The fourth-order valence-electron chi connectivity index (χ4n) is 3.70. The monoisotopic (exact) mass is 429 g/mol. The van der Waals surface area contributed by atoms with Crippen molar-refractivity contribution >= 4 is 17.9 Å². The summed E-state index contributed by atoms with van der Waals surface area (Å²) in [5.41, 5.74) is 0.590. The number of halogens is 1. The maximum absolute atomic E-state index is 13.1. The molecule has 1 amide bonds. The van der Waals surface area contributed by atoms with E-state index >= 15 is 0 Å². The van der Waals surface area contributed by atoms with E-state index in [2.05, 4.69) is 4.90 Å². The Bertz CT molecular complexity index is 966. The van der Waals surface area contributed by atoms with Gasteiger partial charge >= 0.3 is 0 Å². The Morgan fingerprint density at radius 1 is 1.19 bits per heavy atom. The van der Waals surface area contributed by atoms with Crippen LogP contribution < -0.4 is 4.74 Å². The van der Waals surface area contributed by atoms with E-state index in [0.29, 0.717) is 25.9 Å². The zero-order valence-electron chi connectivity index (χ0n) is 17.4. The lowest BCUT2D eigenvalue weighted by atomic mass is 10.1. The van der Waals surface area contributed by atoms with Crippen LogP contribution in [0.5, 0.6) is 5.75 Å². The number of hydrogen-bond acceptors (Lipinski definition) is 6. The standard InChI is InChI=1S/C22H24FN3O5/c1-15-11-25(16(2)10-24(15)12-17-3-5-19(23)6-4-17)22(28)14-31-20-7-8-21(26(29)30)18(9-20)13-27/h3-9,13,15-16H,10-12,14H2,1-2H3/t15-,16+/m1/s1. The summed E-state index contributed by atoms with van der Waals surface area (Å²) in [5, 5.41) is 10.9. The van der Waals surface area contributed by atoms with Crippen molar-refractivity contribution in [3.63, 3.8) is 0 Å². The Balaban J connectivity index is 1.58. The van der Waals surface area contributed by atoms with Crippen molar-refractivity contribution in [1.29, 1.82) is 0 Å². The predicted molar refractivity (Wildman–Crippen MR) is 111 cm³/mol. The maximum Gasteiger partial charge on any atom is 0.280 e. The second kappa shape index (κ2) is 9.65. The van der Waals surface area contributed by atoms with Gasteiger partial charge in [-0.05, 0) is 43.7 Å². The number of carbonyl (C=O) groups excluding carboxylic acids is 2. The highest BCUT2D eigenvalue weighted by Crippen LogP contribution is 2.23. The van der Waals surface area contributed by atoms with Gasteiger partial charge in [0.05, 0.1) is 10.5 Å². The highest BCUT2D eigenvalue weighted by atomic mass is 19.1. The third kappa shape index (κ3) is 5.43. The molecule has 0 aliphatic carbocycles. The average Bonchev–Trinajstić information content (AvgIpc) is 2.75. The Morgan fingerprint density at radius 3 is 2.55 bits per heavy atom. The van der Waals surface area contributed by atoms with Crippen LogP contribution in [0, 0.1) is 15.9 Å². The van der Waals surface area contributed by atoms with Crippen LogP contribution in [0.4, 0.5) is 10.1 Å². The van der Waals surface area contributed by atoms with Gasteiger partial charge in [-0.25, -0.2) is 4.39 Å². The molecule has 1 aliphatic rings. The summed E-state index contributed by atoms with van der Waals surface area (Å²) in [7, 11) is 0. The fraction of sp³-hybridized carbons (Fsp3) is 0.364. The Labute approximate surface area is 179 Å². The fourth-order valence-corrected chi connectivity index (χ4v) is 3.70. The van der Waals surface area contributed by atoms with Gasteiger partial charge in [0, 0.05) is 37.8 Å². The van der Waals surface area contributed by atoms with Crippen LogP contribution in [0.1, 0.15) is 29.8 Å². The molecule has 2 aromatic rings. The van der Waals surface area contributed by atoms with Gasteiger partial charge < -0.3 is 9.64 Å². The summed E-state index contributed by atoms with van der Waals surface area (Å²) >= 11 is 0. The summed E-state index contributed by atoms with van der Waals surface area (Å²) in [6.45, 7) is 5.61. The first-order valence-corrected chi connectivity index (χ1v) is 9.93. The van der Waals surface area contributed by atoms with Crippen LogP contribution in [0.2, 0.25) is 0 Å². The molecule has 164 valence electrons. The highest BCUT2D eigenvalue weighted by Gasteiger charge is 2.32. The molecule has 1 heterocycles. The summed E-state index contributed by atoms with van der Waals surface area (Å²) in [5.74, 6) is -0.252. The van der Waals surface area contributed by atoms with Crippen molar-refractivity contribution < 1.29 is 23.6 Å². The number of nitro benzene ring substituents is 1. The number of ether oxygens (including phenoxy) is 1. The first kappa shape index (κ1) is 22.4. The van der Waals surface area contributed by atoms with Gasteiger partial charge in [-0.1, -0.05) is 12.1 Å². The van der Waals surface area contributed by atoms with Crippen molar-refractivity contribution in [1.82, 2.24) is 9.80 Å². The molecule has 1 aliphatic heterocycles. The number of nitrogens with zero attached hydrogens (tertiary/aromatic N) is 3. The number of hydrogen-bond donors (Lipinski definition) is 0. The maximum atomic E-state index is 13.1. The number of rotatable bonds is 7. The van der Waals surface area contributed by atoms with Crippen LogP contribution in [0.15, 0.2) is 42.5 Å². The van der Waals surface area contributed by atoms with Gasteiger partial charge in [-0.3, -0.25) is 24.6 Å². The van der Waals surface area contributed by atoms with E-state index in [1.165, 1.54) is 30.3 Å². The topological polar surface area (TPSA) is 93.0 Å². The quantitative estimate of drug-likeness (QED) is 0.382. The number of aldehydes is 1.